The number of carbonyl (C=O) groups is 1. The first-order valence-corrected chi connectivity index (χ1v) is 9.17. The number of halogens is 3. The van der Waals surface area contributed by atoms with Crippen LogP contribution in [0.25, 0.3) is 0 Å². The van der Waals surface area contributed by atoms with Crippen molar-refractivity contribution < 1.29 is 13.6 Å². The lowest BCUT2D eigenvalue weighted by molar-refractivity contribution is -0.0751. The zero-order chi connectivity index (χ0) is 19.4. The molecule has 2 aromatic rings. The molecule has 1 amide bonds. The highest BCUT2D eigenvalue weighted by atomic mass is 35.5. The van der Waals surface area contributed by atoms with Gasteiger partial charge in [-0.05, 0) is 32.0 Å². The molecule has 1 atom stereocenters. The molecule has 3 rings (SSSR count). The van der Waals surface area contributed by atoms with Gasteiger partial charge in [0.1, 0.15) is 5.82 Å². The third kappa shape index (κ3) is 4.99. The number of hydrogen-bond donors (Lipinski definition) is 1. The quantitative estimate of drug-likeness (QED) is 0.841. The fourth-order valence-electron chi connectivity index (χ4n) is 3.22. The molecule has 5 nitrogen and oxygen atoms in total. The van der Waals surface area contributed by atoms with Crippen LogP contribution in [0.3, 0.4) is 0 Å². The summed E-state index contributed by atoms with van der Waals surface area (Å²) in [6.07, 6.45) is 3.53. The van der Waals surface area contributed by atoms with Crippen molar-refractivity contribution in [3.8, 4) is 0 Å². The standard InChI is InChI=1S/C19H21ClF2N4O/c1-13-23-9-14(10-24-13)17(26-8-4-7-19(21,22)12-26)11-25-18(27)15-5-2-3-6-16(15)20/h2-3,5-6,9-10,17H,4,7-8,11-12H2,1H3,(H,25,27). The SMILES string of the molecule is Cc1ncc(C(CNC(=O)c2ccccc2Cl)N2CCCC(F)(F)C2)cn1. The summed E-state index contributed by atoms with van der Waals surface area (Å²) < 4.78 is 27.9. The molecule has 8 heteroatoms. The number of aromatic nitrogens is 2. The Balaban J connectivity index is 1.78. The van der Waals surface area contributed by atoms with Crippen molar-refractivity contribution in [3.63, 3.8) is 0 Å². The van der Waals surface area contributed by atoms with E-state index in [2.05, 4.69) is 15.3 Å². The lowest BCUT2D eigenvalue weighted by Gasteiger charge is -2.38. The monoisotopic (exact) mass is 394 g/mol. The van der Waals surface area contributed by atoms with Crippen molar-refractivity contribution in [1.82, 2.24) is 20.2 Å². The highest BCUT2D eigenvalue weighted by molar-refractivity contribution is 6.33. The maximum atomic E-state index is 13.9. The van der Waals surface area contributed by atoms with Crippen LogP contribution in [-0.2, 0) is 0 Å². The van der Waals surface area contributed by atoms with Gasteiger partial charge in [-0.25, -0.2) is 18.7 Å². The Bertz CT molecular complexity index is 801. The largest absolute Gasteiger partial charge is 0.350 e. The second-order valence-electron chi connectivity index (χ2n) is 6.70. The van der Waals surface area contributed by atoms with Crippen molar-refractivity contribution in [2.75, 3.05) is 19.6 Å². The van der Waals surface area contributed by atoms with Crippen molar-refractivity contribution in [2.45, 2.75) is 31.7 Å². The van der Waals surface area contributed by atoms with Crippen LogP contribution in [-0.4, -0.2) is 46.3 Å². The van der Waals surface area contributed by atoms with Gasteiger partial charge in [-0.15, -0.1) is 0 Å². The number of aryl methyl sites for hydroxylation is 1. The highest BCUT2D eigenvalue weighted by Crippen LogP contribution is 2.32. The fraction of sp³-hybridized carbons (Fsp3) is 0.421. The van der Waals surface area contributed by atoms with Gasteiger partial charge in [0.2, 0.25) is 0 Å². The molecule has 1 N–H and O–H groups in total. The van der Waals surface area contributed by atoms with Crippen molar-refractivity contribution in [3.05, 3.63) is 58.6 Å². The Hall–Kier alpha value is -2.12. The summed E-state index contributed by atoms with van der Waals surface area (Å²) in [5.74, 6) is -2.49. The average molecular weight is 395 g/mol. The van der Waals surface area contributed by atoms with E-state index in [1.54, 1.807) is 48.5 Å². The van der Waals surface area contributed by atoms with Crippen molar-refractivity contribution in [2.24, 2.45) is 0 Å². The molecule has 1 unspecified atom stereocenters. The fourth-order valence-corrected chi connectivity index (χ4v) is 3.45. The summed E-state index contributed by atoms with van der Waals surface area (Å²) in [7, 11) is 0. The summed E-state index contributed by atoms with van der Waals surface area (Å²) in [5.41, 5.74) is 1.04. The Morgan fingerprint density at radius 2 is 2.04 bits per heavy atom. The van der Waals surface area contributed by atoms with Crippen LogP contribution >= 0.6 is 11.6 Å². The lowest BCUT2D eigenvalue weighted by atomic mass is 10.0. The van der Waals surface area contributed by atoms with E-state index < -0.39 is 12.0 Å². The Morgan fingerprint density at radius 3 is 2.70 bits per heavy atom. The average Bonchev–Trinajstić information content (AvgIpc) is 2.63. The number of piperidine rings is 1. The van der Waals surface area contributed by atoms with Crippen LogP contribution < -0.4 is 5.32 Å². The molecule has 0 bridgehead atoms. The van der Waals surface area contributed by atoms with E-state index in [-0.39, 0.29) is 25.4 Å². The minimum absolute atomic E-state index is 0.118. The van der Waals surface area contributed by atoms with Crippen molar-refractivity contribution in [1.29, 1.82) is 0 Å². The highest BCUT2D eigenvalue weighted by Gasteiger charge is 2.38. The van der Waals surface area contributed by atoms with Crippen LogP contribution in [0.2, 0.25) is 5.02 Å². The van der Waals surface area contributed by atoms with E-state index in [1.165, 1.54) is 0 Å². The van der Waals surface area contributed by atoms with E-state index in [0.29, 0.717) is 34.9 Å². The molecule has 1 fully saturated rings. The minimum Gasteiger partial charge on any atom is -0.350 e. The van der Waals surface area contributed by atoms with Crippen LogP contribution in [0.1, 0.15) is 40.6 Å². The molecule has 0 radical (unpaired) electrons. The zero-order valence-electron chi connectivity index (χ0n) is 15.0. The van der Waals surface area contributed by atoms with Gasteiger partial charge in [0.25, 0.3) is 11.8 Å². The molecule has 1 saturated heterocycles. The number of nitrogens with one attached hydrogen (secondary N) is 1. The van der Waals surface area contributed by atoms with Gasteiger partial charge in [-0.1, -0.05) is 23.7 Å². The summed E-state index contributed by atoms with van der Waals surface area (Å²) in [4.78, 5) is 22.5. The van der Waals surface area contributed by atoms with E-state index in [1.807, 2.05) is 0 Å². The van der Waals surface area contributed by atoms with Crippen LogP contribution in [0, 0.1) is 6.92 Å². The molecule has 2 heterocycles. The second kappa shape index (κ2) is 8.27. The van der Waals surface area contributed by atoms with Crippen LogP contribution in [0.4, 0.5) is 8.78 Å². The predicted molar refractivity (Wildman–Crippen MR) is 99.0 cm³/mol. The normalized spacial score (nSPS) is 18.1. The summed E-state index contributed by atoms with van der Waals surface area (Å²) in [6.45, 7) is 2.09. The molecule has 1 aromatic carbocycles. The van der Waals surface area contributed by atoms with Gasteiger partial charge in [-0.3, -0.25) is 9.69 Å². The number of benzene rings is 1. The molecule has 1 aliphatic heterocycles. The Kier molecular flexibility index (Phi) is 6.01. The molecular formula is C19H21ClF2N4O. The number of hydrogen-bond acceptors (Lipinski definition) is 4. The van der Waals surface area contributed by atoms with E-state index >= 15 is 0 Å². The molecule has 0 saturated carbocycles. The van der Waals surface area contributed by atoms with E-state index in [9.17, 15) is 13.6 Å². The zero-order valence-corrected chi connectivity index (χ0v) is 15.7. The third-order valence-corrected chi connectivity index (χ3v) is 4.95. The molecule has 27 heavy (non-hydrogen) atoms. The van der Waals surface area contributed by atoms with Crippen molar-refractivity contribution >= 4 is 17.5 Å². The Morgan fingerprint density at radius 1 is 1.33 bits per heavy atom. The first-order valence-electron chi connectivity index (χ1n) is 8.79. The molecule has 1 aromatic heterocycles. The molecular weight excluding hydrogens is 374 g/mol. The molecule has 1 aliphatic rings. The summed E-state index contributed by atoms with van der Waals surface area (Å²) in [5, 5.41) is 3.15. The first kappa shape index (κ1) is 19.6. The Labute approximate surface area is 161 Å². The number of amides is 1. The van der Waals surface area contributed by atoms with Gasteiger partial charge in [0, 0.05) is 30.9 Å². The van der Waals surface area contributed by atoms with Gasteiger partial charge in [0.15, 0.2) is 0 Å². The maximum Gasteiger partial charge on any atom is 0.260 e. The van der Waals surface area contributed by atoms with Gasteiger partial charge in [-0.2, -0.15) is 0 Å². The lowest BCUT2D eigenvalue weighted by Crippen LogP contribution is -2.47. The smallest absolute Gasteiger partial charge is 0.260 e. The molecule has 0 spiro atoms. The summed E-state index contributed by atoms with van der Waals surface area (Å²) in [6, 6.07) is 6.27. The minimum atomic E-state index is -2.74. The maximum absolute atomic E-state index is 13.9. The summed E-state index contributed by atoms with van der Waals surface area (Å²) >= 11 is 6.06. The molecule has 0 aliphatic carbocycles. The van der Waals surface area contributed by atoms with Gasteiger partial charge < -0.3 is 5.32 Å². The number of rotatable bonds is 5. The van der Waals surface area contributed by atoms with Crippen LogP contribution in [0.15, 0.2) is 36.7 Å². The predicted octanol–water partition coefficient (Wildman–Crippen LogP) is 3.64. The van der Waals surface area contributed by atoms with Gasteiger partial charge >= 0.3 is 0 Å². The molecule has 144 valence electrons. The number of carbonyl (C=O) groups excluding carboxylic acids is 1. The van der Waals surface area contributed by atoms with E-state index in [4.69, 9.17) is 11.6 Å². The second-order valence-corrected chi connectivity index (χ2v) is 7.11. The first-order chi connectivity index (χ1) is 12.9. The number of likely N-dealkylation sites (tertiary alicyclic amines) is 1. The van der Waals surface area contributed by atoms with E-state index in [0.717, 1.165) is 0 Å². The number of nitrogens with zero attached hydrogens (tertiary/aromatic N) is 3. The van der Waals surface area contributed by atoms with Gasteiger partial charge in [0.05, 0.1) is 23.2 Å². The topological polar surface area (TPSA) is 58.1 Å². The van der Waals surface area contributed by atoms with Crippen LogP contribution in [0.5, 0.6) is 0 Å². The number of alkyl halides is 2. The third-order valence-electron chi connectivity index (χ3n) is 4.62.